The summed E-state index contributed by atoms with van der Waals surface area (Å²) in [7, 11) is 0. The fourth-order valence-electron chi connectivity index (χ4n) is 2.83. The molecule has 0 aromatic heterocycles. The van der Waals surface area contributed by atoms with Gasteiger partial charge in [0, 0.05) is 25.2 Å². The lowest BCUT2D eigenvalue weighted by atomic mass is 10.1. The van der Waals surface area contributed by atoms with E-state index >= 15 is 0 Å². The zero-order valence-corrected chi connectivity index (χ0v) is 17.3. The average molecular weight is 397 g/mol. The third kappa shape index (κ3) is 7.95. The van der Waals surface area contributed by atoms with Crippen molar-refractivity contribution in [3.63, 3.8) is 0 Å². The Morgan fingerprint density at radius 3 is 2.52 bits per heavy atom. The molecule has 1 amide bonds. The van der Waals surface area contributed by atoms with Crippen LogP contribution in [0, 0.1) is 0 Å². The predicted octanol–water partition coefficient (Wildman–Crippen LogP) is 3.01. The highest BCUT2D eigenvalue weighted by Gasteiger charge is 2.08. The first-order valence-corrected chi connectivity index (χ1v) is 10.3. The topological polar surface area (TPSA) is 85.8 Å². The minimum Gasteiger partial charge on any atom is -0.388 e. The number of aliphatic imine (C=N–C) groups is 1. The van der Waals surface area contributed by atoms with Crippen LogP contribution >= 0.6 is 0 Å². The molecule has 2 aromatic rings. The molecule has 0 heterocycles. The molecule has 29 heavy (non-hydrogen) atoms. The highest BCUT2D eigenvalue weighted by Crippen LogP contribution is 2.14. The van der Waals surface area contributed by atoms with Gasteiger partial charge in [0.25, 0.3) is 5.91 Å². The fourth-order valence-corrected chi connectivity index (χ4v) is 2.83. The average Bonchev–Trinajstić information content (AvgIpc) is 2.76. The van der Waals surface area contributed by atoms with Crippen LogP contribution in [0.25, 0.3) is 0 Å². The van der Waals surface area contributed by atoms with E-state index in [1.165, 1.54) is 0 Å². The third-order valence-electron chi connectivity index (χ3n) is 4.38. The molecule has 0 aliphatic heterocycles. The summed E-state index contributed by atoms with van der Waals surface area (Å²) >= 11 is 0. The van der Waals surface area contributed by atoms with Crippen LogP contribution in [0.1, 0.15) is 54.3 Å². The molecular weight excluding hydrogens is 364 g/mol. The Balaban J connectivity index is 1.90. The molecule has 0 fully saturated rings. The zero-order chi connectivity index (χ0) is 20.9. The highest BCUT2D eigenvalue weighted by atomic mass is 16.3. The number of guanidine groups is 1. The van der Waals surface area contributed by atoms with E-state index in [0.717, 1.165) is 24.1 Å². The minimum absolute atomic E-state index is 0.0578. The molecular formula is C23H32N4O2. The summed E-state index contributed by atoms with van der Waals surface area (Å²) in [4.78, 5) is 16.7. The maximum Gasteiger partial charge on any atom is 0.251 e. The van der Waals surface area contributed by atoms with Crippen LogP contribution in [0.2, 0.25) is 0 Å². The van der Waals surface area contributed by atoms with Crippen molar-refractivity contribution in [1.82, 2.24) is 16.0 Å². The van der Waals surface area contributed by atoms with Crippen molar-refractivity contribution in [2.45, 2.75) is 39.3 Å². The van der Waals surface area contributed by atoms with Crippen molar-refractivity contribution < 1.29 is 9.90 Å². The van der Waals surface area contributed by atoms with Crippen molar-refractivity contribution >= 4 is 11.9 Å². The Bertz CT molecular complexity index is 777. The number of nitrogens with one attached hydrogen (secondary N) is 3. The van der Waals surface area contributed by atoms with Crippen LogP contribution in [-0.4, -0.2) is 36.6 Å². The van der Waals surface area contributed by atoms with Crippen LogP contribution < -0.4 is 16.0 Å². The van der Waals surface area contributed by atoms with Gasteiger partial charge in [0.15, 0.2) is 5.96 Å². The van der Waals surface area contributed by atoms with E-state index in [-0.39, 0.29) is 5.91 Å². The van der Waals surface area contributed by atoms with Gasteiger partial charge in [0.1, 0.15) is 0 Å². The minimum atomic E-state index is -0.509. The smallest absolute Gasteiger partial charge is 0.251 e. The largest absolute Gasteiger partial charge is 0.388 e. The van der Waals surface area contributed by atoms with Gasteiger partial charge in [-0.3, -0.25) is 4.79 Å². The second kappa shape index (κ2) is 12.6. The molecule has 0 bridgehead atoms. The Hall–Kier alpha value is -2.86. The van der Waals surface area contributed by atoms with Gasteiger partial charge in [-0.15, -0.1) is 0 Å². The number of carbonyl (C=O) groups excluding carboxylic acids is 1. The van der Waals surface area contributed by atoms with Crippen molar-refractivity contribution in [1.29, 1.82) is 0 Å². The lowest BCUT2D eigenvalue weighted by Gasteiger charge is -2.14. The molecule has 2 rings (SSSR count). The summed E-state index contributed by atoms with van der Waals surface area (Å²) in [6.45, 7) is 6.51. The number of nitrogens with zero attached hydrogens (tertiary/aromatic N) is 1. The maximum atomic E-state index is 12.1. The van der Waals surface area contributed by atoms with Crippen molar-refractivity contribution in [2.24, 2.45) is 4.99 Å². The summed E-state index contributed by atoms with van der Waals surface area (Å²) < 4.78 is 0. The molecule has 6 nitrogen and oxygen atoms in total. The molecule has 6 heteroatoms. The van der Waals surface area contributed by atoms with Gasteiger partial charge >= 0.3 is 0 Å². The Labute approximate surface area is 173 Å². The monoisotopic (exact) mass is 396 g/mol. The molecule has 1 atom stereocenters. The number of carbonyl (C=O) groups is 1. The van der Waals surface area contributed by atoms with Gasteiger partial charge in [-0.25, -0.2) is 4.99 Å². The van der Waals surface area contributed by atoms with Crippen molar-refractivity contribution in [3.8, 4) is 0 Å². The SMILES string of the molecule is CCCNC(=O)c1cccc(CN=C(NCC)NCCC(O)c2ccccc2)c1. The summed E-state index contributed by atoms with van der Waals surface area (Å²) in [6.07, 6.45) is 0.985. The van der Waals surface area contributed by atoms with Crippen molar-refractivity contribution in [2.75, 3.05) is 19.6 Å². The van der Waals surface area contributed by atoms with Gasteiger partial charge in [-0.1, -0.05) is 49.4 Å². The van der Waals surface area contributed by atoms with Gasteiger partial charge in [-0.05, 0) is 43.0 Å². The predicted molar refractivity (Wildman–Crippen MR) is 118 cm³/mol. The van der Waals surface area contributed by atoms with Crippen LogP contribution in [0.4, 0.5) is 0 Å². The quantitative estimate of drug-likeness (QED) is 0.367. The molecule has 0 saturated heterocycles. The molecule has 0 aliphatic rings. The van der Waals surface area contributed by atoms with Crippen molar-refractivity contribution in [3.05, 3.63) is 71.3 Å². The second-order valence-corrected chi connectivity index (χ2v) is 6.79. The second-order valence-electron chi connectivity index (χ2n) is 6.79. The number of aliphatic hydroxyl groups excluding tert-OH is 1. The molecule has 2 aromatic carbocycles. The fraction of sp³-hybridized carbons (Fsp3) is 0.391. The number of amides is 1. The number of benzene rings is 2. The molecule has 0 spiro atoms. The number of hydrogen-bond acceptors (Lipinski definition) is 3. The van der Waals surface area contributed by atoms with E-state index in [9.17, 15) is 9.90 Å². The van der Waals surface area contributed by atoms with Gasteiger partial charge in [0.05, 0.1) is 12.6 Å². The normalized spacial score (nSPS) is 12.3. The molecule has 156 valence electrons. The van der Waals surface area contributed by atoms with Gasteiger partial charge in [0.2, 0.25) is 0 Å². The first kappa shape index (κ1) is 22.4. The van der Waals surface area contributed by atoms with E-state index in [4.69, 9.17) is 0 Å². The van der Waals surface area contributed by atoms with Crippen LogP contribution in [0.3, 0.4) is 0 Å². The Morgan fingerprint density at radius 1 is 1.00 bits per heavy atom. The van der Waals surface area contributed by atoms with Gasteiger partial charge < -0.3 is 21.1 Å². The number of aliphatic hydroxyl groups is 1. The molecule has 4 N–H and O–H groups in total. The van der Waals surface area contributed by atoms with Gasteiger partial charge in [-0.2, -0.15) is 0 Å². The van der Waals surface area contributed by atoms with E-state index < -0.39 is 6.10 Å². The summed E-state index contributed by atoms with van der Waals surface area (Å²) in [6, 6.07) is 17.2. The molecule has 0 saturated carbocycles. The molecule has 0 radical (unpaired) electrons. The maximum absolute atomic E-state index is 12.1. The molecule has 1 unspecified atom stereocenters. The highest BCUT2D eigenvalue weighted by molar-refractivity contribution is 5.94. The molecule has 0 aliphatic carbocycles. The van der Waals surface area contributed by atoms with E-state index in [1.54, 1.807) is 0 Å². The first-order valence-electron chi connectivity index (χ1n) is 10.3. The first-order chi connectivity index (χ1) is 14.1. The standard InChI is InChI=1S/C23H32N4O2/c1-3-14-25-22(29)20-12-8-9-18(16-20)17-27-23(24-4-2)26-15-13-21(28)19-10-6-5-7-11-19/h5-12,16,21,28H,3-4,13-15,17H2,1-2H3,(H,25,29)(H2,24,26,27). The summed E-state index contributed by atoms with van der Waals surface area (Å²) in [5, 5.41) is 19.6. The number of hydrogen-bond donors (Lipinski definition) is 4. The lowest BCUT2D eigenvalue weighted by molar-refractivity contribution is 0.0953. The lowest BCUT2D eigenvalue weighted by Crippen LogP contribution is -2.38. The van der Waals surface area contributed by atoms with Crippen LogP contribution in [-0.2, 0) is 6.54 Å². The third-order valence-corrected chi connectivity index (χ3v) is 4.38. The van der Waals surface area contributed by atoms with Crippen LogP contribution in [0.5, 0.6) is 0 Å². The van der Waals surface area contributed by atoms with E-state index in [2.05, 4.69) is 20.9 Å². The summed E-state index contributed by atoms with van der Waals surface area (Å²) in [5.41, 5.74) is 2.53. The number of rotatable bonds is 10. The van der Waals surface area contributed by atoms with E-state index in [1.807, 2.05) is 68.4 Å². The Morgan fingerprint density at radius 2 is 1.79 bits per heavy atom. The van der Waals surface area contributed by atoms with E-state index in [0.29, 0.717) is 37.6 Å². The Kier molecular flexibility index (Phi) is 9.72. The zero-order valence-electron chi connectivity index (χ0n) is 17.3. The van der Waals surface area contributed by atoms with Crippen LogP contribution in [0.15, 0.2) is 59.6 Å². The summed E-state index contributed by atoms with van der Waals surface area (Å²) in [5.74, 6) is 0.631.